The van der Waals surface area contributed by atoms with E-state index in [4.69, 9.17) is 9.47 Å². The van der Waals surface area contributed by atoms with Crippen LogP contribution < -0.4 is 20.2 Å². The molecule has 0 radical (unpaired) electrons. The van der Waals surface area contributed by atoms with E-state index in [2.05, 4.69) is 27.9 Å². The van der Waals surface area contributed by atoms with Crippen LogP contribution in [0.2, 0.25) is 0 Å². The summed E-state index contributed by atoms with van der Waals surface area (Å²) >= 11 is 1.41. The molecule has 2 aromatic carbocycles. The van der Waals surface area contributed by atoms with Gasteiger partial charge in [0.15, 0.2) is 5.82 Å². The SMILES string of the molecule is CCCc1nnc2n1N[C@H](c1ccc(OC)cc1)[C@H](C(=O)Nc1cccc(OC)c1)S2. The number of aromatic nitrogens is 3. The van der Waals surface area contributed by atoms with E-state index in [0.29, 0.717) is 16.6 Å². The minimum Gasteiger partial charge on any atom is -0.497 e. The summed E-state index contributed by atoms with van der Waals surface area (Å²) < 4.78 is 12.4. The van der Waals surface area contributed by atoms with Gasteiger partial charge in [-0.3, -0.25) is 4.79 Å². The van der Waals surface area contributed by atoms with Crippen LogP contribution in [0.25, 0.3) is 0 Å². The van der Waals surface area contributed by atoms with Crippen molar-refractivity contribution in [2.45, 2.75) is 36.2 Å². The van der Waals surface area contributed by atoms with Crippen LogP contribution in [-0.4, -0.2) is 40.3 Å². The van der Waals surface area contributed by atoms with Crippen molar-refractivity contribution in [2.24, 2.45) is 0 Å². The Bertz CT molecular complexity index is 1050. The fourth-order valence-electron chi connectivity index (χ4n) is 3.46. The van der Waals surface area contributed by atoms with Gasteiger partial charge < -0.3 is 20.2 Å². The van der Waals surface area contributed by atoms with Gasteiger partial charge in [-0.25, -0.2) is 4.68 Å². The summed E-state index contributed by atoms with van der Waals surface area (Å²) in [7, 11) is 3.23. The fraction of sp³-hybridized carbons (Fsp3) is 0.318. The van der Waals surface area contributed by atoms with Crippen LogP contribution in [0.1, 0.15) is 30.8 Å². The third-order valence-corrected chi connectivity index (χ3v) is 6.26. The van der Waals surface area contributed by atoms with Gasteiger partial charge in [-0.15, -0.1) is 10.2 Å². The molecule has 0 spiro atoms. The Labute approximate surface area is 185 Å². The maximum absolute atomic E-state index is 13.3. The van der Waals surface area contributed by atoms with Gasteiger partial charge in [0.25, 0.3) is 0 Å². The average Bonchev–Trinajstić information content (AvgIpc) is 3.20. The number of fused-ring (bicyclic) bond motifs is 1. The maximum Gasteiger partial charge on any atom is 0.240 e. The van der Waals surface area contributed by atoms with E-state index >= 15 is 0 Å². The average molecular weight is 440 g/mol. The molecule has 1 aliphatic rings. The number of ether oxygens (including phenoxy) is 2. The molecule has 0 saturated heterocycles. The first kappa shape index (κ1) is 21.0. The number of carbonyl (C=O) groups is 1. The molecule has 0 unspecified atom stereocenters. The molecule has 8 nitrogen and oxygen atoms in total. The van der Waals surface area contributed by atoms with E-state index in [1.807, 2.05) is 47.1 Å². The number of nitrogens with one attached hydrogen (secondary N) is 2. The number of methoxy groups -OCH3 is 2. The van der Waals surface area contributed by atoms with Crippen molar-refractivity contribution in [3.63, 3.8) is 0 Å². The molecule has 1 aliphatic heterocycles. The Morgan fingerprint density at radius 1 is 1.13 bits per heavy atom. The van der Waals surface area contributed by atoms with Crippen molar-refractivity contribution in [1.82, 2.24) is 14.9 Å². The number of benzene rings is 2. The van der Waals surface area contributed by atoms with Gasteiger partial charge in [-0.1, -0.05) is 36.9 Å². The van der Waals surface area contributed by atoms with Gasteiger partial charge >= 0.3 is 0 Å². The molecule has 31 heavy (non-hydrogen) atoms. The van der Waals surface area contributed by atoms with Gasteiger partial charge in [-0.2, -0.15) is 0 Å². The van der Waals surface area contributed by atoms with Gasteiger partial charge in [0.05, 0.1) is 20.3 Å². The van der Waals surface area contributed by atoms with Crippen molar-refractivity contribution in [1.29, 1.82) is 0 Å². The van der Waals surface area contributed by atoms with Gasteiger partial charge in [0.2, 0.25) is 11.1 Å². The van der Waals surface area contributed by atoms with E-state index in [0.717, 1.165) is 30.0 Å². The van der Waals surface area contributed by atoms with Crippen molar-refractivity contribution in [3.8, 4) is 11.5 Å². The molecule has 0 fully saturated rings. The first-order valence-corrected chi connectivity index (χ1v) is 11.0. The first-order valence-electron chi connectivity index (χ1n) is 10.1. The second-order valence-electron chi connectivity index (χ2n) is 7.12. The van der Waals surface area contributed by atoms with Crippen molar-refractivity contribution in [2.75, 3.05) is 25.0 Å². The second-order valence-corrected chi connectivity index (χ2v) is 8.23. The number of hydrogen-bond donors (Lipinski definition) is 2. The number of hydrogen-bond acceptors (Lipinski definition) is 7. The molecular weight excluding hydrogens is 414 g/mol. The van der Waals surface area contributed by atoms with Crippen LogP contribution in [0.4, 0.5) is 5.69 Å². The van der Waals surface area contributed by atoms with Gasteiger partial charge in [0, 0.05) is 18.2 Å². The van der Waals surface area contributed by atoms with E-state index in [9.17, 15) is 4.79 Å². The van der Waals surface area contributed by atoms with Crippen LogP contribution >= 0.6 is 11.8 Å². The fourth-order valence-corrected chi connectivity index (χ4v) is 4.56. The minimum atomic E-state index is -0.453. The van der Waals surface area contributed by atoms with E-state index in [1.54, 1.807) is 20.3 Å². The summed E-state index contributed by atoms with van der Waals surface area (Å²) in [5.74, 6) is 2.18. The summed E-state index contributed by atoms with van der Waals surface area (Å²) in [5, 5.41) is 11.8. The molecule has 2 N–H and O–H groups in total. The topological polar surface area (TPSA) is 90.3 Å². The smallest absolute Gasteiger partial charge is 0.240 e. The van der Waals surface area contributed by atoms with Crippen LogP contribution in [0.3, 0.4) is 0 Å². The van der Waals surface area contributed by atoms with Crippen LogP contribution in [0.15, 0.2) is 53.7 Å². The number of carbonyl (C=O) groups excluding carboxylic acids is 1. The van der Waals surface area contributed by atoms with Crippen LogP contribution in [0.5, 0.6) is 11.5 Å². The molecule has 2 heterocycles. The summed E-state index contributed by atoms with van der Waals surface area (Å²) in [5.41, 5.74) is 5.12. The molecule has 0 aliphatic carbocycles. The number of anilines is 1. The third kappa shape index (κ3) is 4.46. The van der Waals surface area contributed by atoms with Crippen LogP contribution in [-0.2, 0) is 11.2 Å². The lowest BCUT2D eigenvalue weighted by Gasteiger charge is -2.33. The maximum atomic E-state index is 13.3. The number of amides is 1. The van der Waals surface area contributed by atoms with Crippen molar-refractivity contribution < 1.29 is 14.3 Å². The Hall–Kier alpha value is -3.20. The molecule has 3 aromatic rings. The highest BCUT2D eigenvalue weighted by Crippen LogP contribution is 2.38. The predicted molar refractivity (Wildman–Crippen MR) is 120 cm³/mol. The Kier molecular flexibility index (Phi) is 6.31. The lowest BCUT2D eigenvalue weighted by atomic mass is 10.0. The molecule has 1 amide bonds. The molecule has 4 rings (SSSR count). The normalized spacial score (nSPS) is 17.4. The molecular formula is C22H25N5O3S. The van der Waals surface area contributed by atoms with Crippen molar-refractivity contribution >= 4 is 23.4 Å². The predicted octanol–water partition coefficient (Wildman–Crippen LogP) is 3.65. The number of rotatable bonds is 7. The summed E-state index contributed by atoms with van der Waals surface area (Å²) in [6, 6.07) is 14.8. The Morgan fingerprint density at radius 2 is 1.90 bits per heavy atom. The largest absolute Gasteiger partial charge is 0.497 e. The lowest BCUT2D eigenvalue weighted by molar-refractivity contribution is -0.116. The zero-order valence-corrected chi connectivity index (χ0v) is 18.5. The first-order chi connectivity index (χ1) is 15.1. The van der Waals surface area contributed by atoms with Gasteiger partial charge in [0.1, 0.15) is 16.7 Å². The Balaban J connectivity index is 1.65. The lowest BCUT2D eigenvalue weighted by Crippen LogP contribution is -2.41. The van der Waals surface area contributed by atoms with Gasteiger partial charge in [-0.05, 0) is 36.2 Å². The highest BCUT2D eigenvalue weighted by molar-refractivity contribution is 8.00. The van der Waals surface area contributed by atoms with Crippen LogP contribution in [0, 0.1) is 0 Å². The summed E-state index contributed by atoms with van der Waals surface area (Å²) in [6.45, 7) is 2.10. The zero-order chi connectivity index (χ0) is 21.8. The van der Waals surface area contributed by atoms with E-state index in [-0.39, 0.29) is 11.9 Å². The number of aryl methyl sites for hydroxylation is 1. The molecule has 1 aromatic heterocycles. The molecule has 2 atom stereocenters. The molecule has 0 bridgehead atoms. The third-order valence-electron chi connectivity index (χ3n) is 5.05. The zero-order valence-electron chi connectivity index (χ0n) is 17.7. The second kappa shape index (κ2) is 9.30. The van der Waals surface area contributed by atoms with Crippen molar-refractivity contribution in [3.05, 3.63) is 59.9 Å². The summed E-state index contributed by atoms with van der Waals surface area (Å²) in [4.78, 5) is 13.3. The Morgan fingerprint density at radius 3 is 2.61 bits per heavy atom. The molecule has 0 saturated carbocycles. The van der Waals surface area contributed by atoms with E-state index < -0.39 is 5.25 Å². The molecule has 9 heteroatoms. The number of thioether (sulfide) groups is 1. The minimum absolute atomic E-state index is 0.127. The monoisotopic (exact) mass is 439 g/mol. The molecule has 162 valence electrons. The summed E-state index contributed by atoms with van der Waals surface area (Å²) in [6.07, 6.45) is 1.76. The standard InChI is InChI=1S/C22H25N5O3S/c1-4-6-18-24-25-22-27(18)26-19(14-9-11-16(29-2)12-10-14)20(31-22)21(28)23-15-7-5-8-17(13-15)30-3/h5,7-13,19-20,26H,4,6H2,1-3H3,(H,23,28)/t19-,20-/m1/s1. The number of nitrogens with zero attached hydrogens (tertiary/aromatic N) is 3. The quantitative estimate of drug-likeness (QED) is 0.581. The highest BCUT2D eigenvalue weighted by atomic mass is 32.2. The van der Waals surface area contributed by atoms with E-state index in [1.165, 1.54) is 11.8 Å². The highest BCUT2D eigenvalue weighted by Gasteiger charge is 2.37.